The Hall–Kier alpha value is -3.02. The van der Waals surface area contributed by atoms with Gasteiger partial charge in [0.2, 0.25) is 5.91 Å². The molecule has 31 heavy (non-hydrogen) atoms. The maximum atomic E-state index is 12.3. The lowest BCUT2D eigenvalue weighted by atomic mass is 10.1. The van der Waals surface area contributed by atoms with E-state index in [-0.39, 0.29) is 17.7 Å². The number of nitrogens with zero attached hydrogens (tertiary/aromatic N) is 2. The number of benzene rings is 1. The Morgan fingerprint density at radius 2 is 1.32 bits per heavy atom. The van der Waals surface area contributed by atoms with Crippen LogP contribution in [0.15, 0.2) is 48.8 Å². The summed E-state index contributed by atoms with van der Waals surface area (Å²) >= 11 is 0. The summed E-state index contributed by atoms with van der Waals surface area (Å²) in [7, 11) is 0. The number of carbonyl (C=O) groups excluding carboxylic acids is 3. The molecule has 164 valence electrons. The smallest absolute Gasteiger partial charge is 0.261 e. The first-order valence-corrected chi connectivity index (χ1v) is 11.3. The van der Waals surface area contributed by atoms with Crippen LogP contribution in [0.2, 0.25) is 0 Å². The van der Waals surface area contributed by atoms with Crippen molar-refractivity contribution in [1.29, 1.82) is 0 Å². The molecule has 6 heteroatoms. The van der Waals surface area contributed by atoms with Gasteiger partial charge >= 0.3 is 0 Å². The second kappa shape index (κ2) is 12.0. The molecule has 0 fully saturated rings. The maximum Gasteiger partial charge on any atom is 0.261 e. The molecule has 6 nitrogen and oxygen atoms in total. The predicted molar refractivity (Wildman–Crippen MR) is 119 cm³/mol. The van der Waals surface area contributed by atoms with Crippen LogP contribution in [0, 0.1) is 0 Å². The molecular formula is C25H31N3O3. The molecule has 3 rings (SSSR count). The van der Waals surface area contributed by atoms with E-state index in [0.29, 0.717) is 30.6 Å². The standard InChI is InChI=1S/C25H31N3O3/c29-23(27-19-20-14-16-26-17-15-20)13-7-5-3-1-2-4-6-10-18-28-24(30)21-11-8-9-12-22(21)25(28)31/h8-9,11-12,14-17H,1-7,10,13,18-19H2,(H,27,29). The van der Waals surface area contributed by atoms with Crippen LogP contribution in [-0.2, 0) is 11.3 Å². The number of imide groups is 1. The molecule has 1 aromatic heterocycles. The van der Waals surface area contributed by atoms with Crippen LogP contribution < -0.4 is 5.32 Å². The van der Waals surface area contributed by atoms with Gasteiger partial charge in [0.05, 0.1) is 11.1 Å². The van der Waals surface area contributed by atoms with E-state index in [1.54, 1.807) is 36.7 Å². The van der Waals surface area contributed by atoms with Gasteiger partial charge in [-0.2, -0.15) is 0 Å². The van der Waals surface area contributed by atoms with Gasteiger partial charge < -0.3 is 5.32 Å². The summed E-state index contributed by atoms with van der Waals surface area (Å²) in [6.45, 7) is 1.06. The number of rotatable bonds is 13. The zero-order valence-corrected chi connectivity index (χ0v) is 18.0. The van der Waals surface area contributed by atoms with E-state index in [1.807, 2.05) is 12.1 Å². The molecule has 1 aliphatic heterocycles. The van der Waals surface area contributed by atoms with Crippen molar-refractivity contribution < 1.29 is 14.4 Å². The van der Waals surface area contributed by atoms with Crippen molar-refractivity contribution in [2.75, 3.05) is 6.54 Å². The molecule has 0 radical (unpaired) electrons. The van der Waals surface area contributed by atoms with E-state index in [0.717, 1.165) is 56.9 Å². The molecular weight excluding hydrogens is 390 g/mol. The van der Waals surface area contributed by atoms with Crippen LogP contribution in [0.4, 0.5) is 0 Å². The van der Waals surface area contributed by atoms with Crippen LogP contribution in [0.25, 0.3) is 0 Å². The Morgan fingerprint density at radius 3 is 1.94 bits per heavy atom. The Morgan fingerprint density at radius 1 is 0.774 bits per heavy atom. The molecule has 0 unspecified atom stereocenters. The second-order valence-electron chi connectivity index (χ2n) is 8.02. The molecule has 0 spiro atoms. The first kappa shape index (κ1) is 22.7. The molecule has 0 bridgehead atoms. The van der Waals surface area contributed by atoms with Gasteiger partial charge in [0.25, 0.3) is 11.8 Å². The first-order chi connectivity index (χ1) is 15.2. The molecule has 3 amide bonds. The number of fused-ring (bicyclic) bond motifs is 1. The van der Waals surface area contributed by atoms with Gasteiger partial charge in [0, 0.05) is 31.9 Å². The first-order valence-electron chi connectivity index (χ1n) is 11.3. The summed E-state index contributed by atoms with van der Waals surface area (Å²) in [4.78, 5) is 41.8. The number of carbonyl (C=O) groups is 3. The highest BCUT2D eigenvalue weighted by atomic mass is 16.2. The number of nitrogens with one attached hydrogen (secondary N) is 1. The molecule has 2 aromatic rings. The summed E-state index contributed by atoms with van der Waals surface area (Å²) in [6, 6.07) is 10.8. The number of aromatic nitrogens is 1. The summed E-state index contributed by atoms with van der Waals surface area (Å²) < 4.78 is 0. The highest BCUT2D eigenvalue weighted by Crippen LogP contribution is 2.23. The lowest BCUT2D eigenvalue weighted by Gasteiger charge is -2.13. The van der Waals surface area contributed by atoms with Crippen molar-refractivity contribution in [3.05, 3.63) is 65.5 Å². The SMILES string of the molecule is O=C(CCCCCCCCCCN1C(=O)c2ccccc2C1=O)NCc1ccncc1. The number of unbranched alkanes of at least 4 members (excludes halogenated alkanes) is 7. The fraction of sp³-hybridized carbons (Fsp3) is 0.440. The van der Waals surface area contributed by atoms with E-state index in [2.05, 4.69) is 10.3 Å². The van der Waals surface area contributed by atoms with Crippen LogP contribution in [0.1, 0.15) is 84.1 Å². The zero-order chi connectivity index (χ0) is 21.9. The van der Waals surface area contributed by atoms with Gasteiger partial charge in [0.15, 0.2) is 0 Å². The van der Waals surface area contributed by atoms with Gasteiger partial charge in [0.1, 0.15) is 0 Å². The van der Waals surface area contributed by atoms with Gasteiger partial charge in [-0.1, -0.05) is 50.7 Å². The Labute approximate surface area is 184 Å². The quantitative estimate of drug-likeness (QED) is 0.381. The van der Waals surface area contributed by atoms with Gasteiger partial charge in [-0.05, 0) is 42.7 Å². The molecule has 0 aliphatic carbocycles. The summed E-state index contributed by atoms with van der Waals surface area (Å²) in [5.41, 5.74) is 2.11. The minimum atomic E-state index is -0.162. The molecule has 0 saturated carbocycles. The molecule has 1 aromatic carbocycles. The third-order valence-corrected chi connectivity index (χ3v) is 5.65. The zero-order valence-electron chi connectivity index (χ0n) is 18.0. The molecule has 2 heterocycles. The second-order valence-corrected chi connectivity index (χ2v) is 8.02. The lowest BCUT2D eigenvalue weighted by Crippen LogP contribution is -2.30. The third kappa shape index (κ3) is 6.74. The van der Waals surface area contributed by atoms with E-state index in [9.17, 15) is 14.4 Å². The molecule has 1 aliphatic rings. The Balaban J connectivity index is 1.16. The topological polar surface area (TPSA) is 79.4 Å². The van der Waals surface area contributed by atoms with E-state index in [4.69, 9.17) is 0 Å². The fourth-order valence-corrected chi connectivity index (χ4v) is 3.85. The van der Waals surface area contributed by atoms with Crippen LogP contribution in [0.3, 0.4) is 0 Å². The summed E-state index contributed by atoms with van der Waals surface area (Å²) in [5, 5.41) is 2.94. The Kier molecular flexibility index (Phi) is 8.76. The number of amides is 3. The van der Waals surface area contributed by atoms with E-state index < -0.39 is 0 Å². The van der Waals surface area contributed by atoms with E-state index in [1.165, 1.54) is 4.90 Å². The summed E-state index contributed by atoms with van der Waals surface area (Å²) in [5.74, 6) is -0.221. The number of hydrogen-bond acceptors (Lipinski definition) is 4. The fourth-order valence-electron chi connectivity index (χ4n) is 3.85. The minimum absolute atomic E-state index is 0.102. The average molecular weight is 422 g/mol. The third-order valence-electron chi connectivity index (χ3n) is 5.65. The number of hydrogen-bond donors (Lipinski definition) is 1. The lowest BCUT2D eigenvalue weighted by molar-refractivity contribution is -0.121. The highest BCUT2D eigenvalue weighted by molar-refractivity contribution is 6.21. The number of pyridine rings is 1. The van der Waals surface area contributed by atoms with Crippen LogP contribution in [0.5, 0.6) is 0 Å². The van der Waals surface area contributed by atoms with Gasteiger partial charge in [-0.15, -0.1) is 0 Å². The van der Waals surface area contributed by atoms with Crippen molar-refractivity contribution in [1.82, 2.24) is 15.2 Å². The van der Waals surface area contributed by atoms with Gasteiger partial charge in [-0.3, -0.25) is 24.3 Å². The van der Waals surface area contributed by atoms with Crippen molar-refractivity contribution >= 4 is 17.7 Å². The van der Waals surface area contributed by atoms with Crippen LogP contribution >= 0.6 is 0 Å². The van der Waals surface area contributed by atoms with Gasteiger partial charge in [-0.25, -0.2) is 0 Å². The Bertz CT molecular complexity index is 848. The molecule has 0 atom stereocenters. The minimum Gasteiger partial charge on any atom is -0.352 e. The summed E-state index contributed by atoms with van der Waals surface area (Å²) in [6.07, 6.45) is 12.4. The molecule has 1 N–H and O–H groups in total. The van der Waals surface area contributed by atoms with Crippen LogP contribution in [-0.4, -0.2) is 34.2 Å². The average Bonchev–Trinajstić information content (AvgIpc) is 3.04. The highest BCUT2D eigenvalue weighted by Gasteiger charge is 2.34. The largest absolute Gasteiger partial charge is 0.352 e. The van der Waals surface area contributed by atoms with Crippen molar-refractivity contribution in [3.63, 3.8) is 0 Å². The van der Waals surface area contributed by atoms with Crippen molar-refractivity contribution in [2.45, 2.75) is 64.3 Å². The monoisotopic (exact) mass is 421 g/mol. The van der Waals surface area contributed by atoms with Crippen molar-refractivity contribution in [3.8, 4) is 0 Å². The predicted octanol–water partition coefficient (Wildman–Crippen LogP) is 4.50. The van der Waals surface area contributed by atoms with Crippen molar-refractivity contribution in [2.24, 2.45) is 0 Å². The van der Waals surface area contributed by atoms with E-state index >= 15 is 0 Å². The normalized spacial score (nSPS) is 12.8. The molecule has 0 saturated heterocycles. The maximum absolute atomic E-state index is 12.3.